The molecule has 6 nitrogen and oxygen atoms in total. The lowest BCUT2D eigenvalue weighted by molar-refractivity contribution is -0.384. The maximum absolute atomic E-state index is 10.1. The van der Waals surface area contributed by atoms with Crippen molar-refractivity contribution < 1.29 is 19.3 Å². The summed E-state index contributed by atoms with van der Waals surface area (Å²) < 4.78 is 8.70. The van der Waals surface area contributed by atoms with Crippen LogP contribution >= 0.6 is 19.9 Å². The summed E-state index contributed by atoms with van der Waals surface area (Å²) in [6.07, 6.45) is 0. The lowest BCUT2D eigenvalue weighted by Crippen LogP contribution is -1.85. The zero-order chi connectivity index (χ0) is 11.1. The molecule has 8 heteroatoms. The Morgan fingerprint density at radius 2 is 1.93 bits per heavy atom. The molecular formula is C6H6ClNO5P+. The van der Waals surface area contributed by atoms with Crippen molar-refractivity contribution >= 4 is 25.5 Å². The Hall–Kier alpha value is -1.07. The first kappa shape index (κ1) is 12.9. The van der Waals surface area contributed by atoms with Crippen LogP contribution in [0.15, 0.2) is 24.3 Å². The second-order valence-corrected chi connectivity index (χ2v) is 2.93. The number of benzene rings is 1. The van der Waals surface area contributed by atoms with E-state index in [4.69, 9.17) is 26.0 Å². The predicted molar refractivity (Wildman–Crippen MR) is 50.2 cm³/mol. The molecule has 0 aromatic heterocycles. The third kappa shape index (κ3) is 6.45. The first-order valence-corrected chi connectivity index (χ1v) is 4.72. The van der Waals surface area contributed by atoms with E-state index in [1.807, 2.05) is 0 Å². The maximum Gasteiger partial charge on any atom is 0.692 e. The molecule has 1 aromatic carbocycles. The van der Waals surface area contributed by atoms with E-state index < -0.39 is 13.2 Å². The molecular weight excluding hydrogens is 232 g/mol. The fraction of sp³-hybridized carbons (Fsp3) is 0. The van der Waals surface area contributed by atoms with Crippen LogP contribution in [0.25, 0.3) is 0 Å². The molecule has 0 aliphatic carbocycles. The summed E-state index contributed by atoms with van der Waals surface area (Å²) in [7, 11) is -2.87. The first-order valence-electron chi connectivity index (χ1n) is 3.18. The first-order chi connectivity index (χ1) is 6.43. The van der Waals surface area contributed by atoms with Gasteiger partial charge in [-0.3, -0.25) is 10.1 Å². The number of halogens is 1. The van der Waals surface area contributed by atoms with Crippen LogP contribution in [-0.4, -0.2) is 14.7 Å². The quantitative estimate of drug-likeness (QED) is 0.442. The average molecular weight is 239 g/mol. The van der Waals surface area contributed by atoms with Crippen molar-refractivity contribution in [3.8, 4) is 0 Å². The van der Waals surface area contributed by atoms with Crippen LogP contribution in [0.5, 0.6) is 0 Å². The van der Waals surface area contributed by atoms with Crippen molar-refractivity contribution in [1.29, 1.82) is 0 Å². The minimum absolute atomic E-state index is 0.0208. The lowest BCUT2D eigenvalue weighted by atomic mass is 10.3. The van der Waals surface area contributed by atoms with E-state index in [1.165, 1.54) is 12.1 Å². The fourth-order valence-corrected chi connectivity index (χ4v) is 0.774. The van der Waals surface area contributed by atoms with Crippen molar-refractivity contribution in [3.05, 3.63) is 39.4 Å². The molecule has 1 rings (SSSR count). The van der Waals surface area contributed by atoms with Gasteiger partial charge in [0.1, 0.15) is 0 Å². The van der Waals surface area contributed by atoms with Gasteiger partial charge in [-0.15, -0.1) is 9.79 Å². The standard InChI is InChI=1S/C6H4ClNO2.HO3P/c7-5-2-1-3-6(4-5)8(9)10;1-4(2)3/h1-4H;(H-,1,2,3)/p+1. The van der Waals surface area contributed by atoms with Crippen LogP contribution < -0.4 is 0 Å². The fourth-order valence-electron chi connectivity index (χ4n) is 0.590. The van der Waals surface area contributed by atoms with Crippen LogP contribution in [0.2, 0.25) is 5.02 Å². The van der Waals surface area contributed by atoms with Gasteiger partial charge in [0, 0.05) is 21.7 Å². The van der Waals surface area contributed by atoms with Crippen molar-refractivity contribution in [2.75, 3.05) is 0 Å². The Morgan fingerprint density at radius 3 is 2.21 bits per heavy atom. The van der Waals surface area contributed by atoms with Gasteiger partial charge in [-0.2, -0.15) is 0 Å². The van der Waals surface area contributed by atoms with E-state index >= 15 is 0 Å². The molecule has 0 amide bonds. The number of rotatable bonds is 1. The monoisotopic (exact) mass is 238 g/mol. The van der Waals surface area contributed by atoms with E-state index in [1.54, 1.807) is 12.1 Å². The number of nitrogens with zero attached hydrogens (tertiary/aromatic N) is 1. The number of hydrogen-bond acceptors (Lipinski definition) is 3. The zero-order valence-corrected chi connectivity index (χ0v) is 8.35. The van der Waals surface area contributed by atoms with Crippen molar-refractivity contribution in [2.45, 2.75) is 0 Å². The minimum Gasteiger partial charge on any atom is -0.258 e. The maximum atomic E-state index is 10.1. The Balaban J connectivity index is 0.000000364. The summed E-state index contributed by atoms with van der Waals surface area (Å²) in [5.74, 6) is 0. The minimum atomic E-state index is -2.87. The van der Waals surface area contributed by atoms with E-state index in [2.05, 4.69) is 0 Å². The number of nitro groups is 1. The molecule has 0 radical (unpaired) electrons. The van der Waals surface area contributed by atoms with Crippen molar-refractivity contribution in [3.63, 3.8) is 0 Å². The Bertz CT molecular complexity index is 341. The van der Waals surface area contributed by atoms with Gasteiger partial charge in [0.05, 0.1) is 4.92 Å². The van der Waals surface area contributed by atoms with E-state index in [0.29, 0.717) is 5.02 Å². The van der Waals surface area contributed by atoms with E-state index in [0.717, 1.165) is 0 Å². The summed E-state index contributed by atoms with van der Waals surface area (Å²) in [5, 5.41) is 10.5. The molecule has 0 heterocycles. The van der Waals surface area contributed by atoms with Crippen molar-refractivity contribution in [2.24, 2.45) is 0 Å². The second-order valence-electron chi connectivity index (χ2n) is 1.99. The summed E-state index contributed by atoms with van der Waals surface area (Å²) in [4.78, 5) is 23.9. The average Bonchev–Trinajstić information content (AvgIpc) is 2.03. The molecule has 0 bridgehead atoms. The molecule has 0 aliphatic heterocycles. The summed E-state index contributed by atoms with van der Waals surface area (Å²) in [6, 6.07) is 5.84. The predicted octanol–water partition coefficient (Wildman–Crippen LogP) is 1.88. The highest BCUT2D eigenvalue weighted by Crippen LogP contribution is 2.16. The zero-order valence-electron chi connectivity index (χ0n) is 6.70. The van der Waals surface area contributed by atoms with Gasteiger partial charge in [-0.05, 0) is 6.07 Å². The molecule has 2 N–H and O–H groups in total. The smallest absolute Gasteiger partial charge is 0.258 e. The SMILES string of the molecule is O=[N+]([O-])c1cccc(Cl)c1.O=[P+](O)O. The summed E-state index contributed by atoms with van der Waals surface area (Å²) in [5.41, 5.74) is 0.0208. The number of nitro benzene ring substituents is 1. The molecule has 1 aromatic rings. The summed E-state index contributed by atoms with van der Waals surface area (Å²) >= 11 is 5.48. The molecule has 0 saturated carbocycles. The summed E-state index contributed by atoms with van der Waals surface area (Å²) in [6.45, 7) is 0. The lowest BCUT2D eigenvalue weighted by Gasteiger charge is -1.89. The van der Waals surface area contributed by atoms with Gasteiger partial charge >= 0.3 is 8.25 Å². The van der Waals surface area contributed by atoms with Gasteiger partial charge in [0.2, 0.25) is 0 Å². The highest BCUT2D eigenvalue weighted by atomic mass is 35.5. The van der Waals surface area contributed by atoms with E-state index in [-0.39, 0.29) is 5.69 Å². The molecule has 0 aliphatic rings. The largest absolute Gasteiger partial charge is 0.692 e. The second kappa shape index (κ2) is 6.39. The normalized spacial score (nSPS) is 8.50. The highest BCUT2D eigenvalue weighted by molar-refractivity contribution is 7.30. The Kier molecular flexibility index (Phi) is 5.91. The van der Waals surface area contributed by atoms with Crippen LogP contribution in [0.1, 0.15) is 0 Å². The Morgan fingerprint density at radius 1 is 1.43 bits per heavy atom. The molecule has 0 spiro atoms. The molecule has 0 atom stereocenters. The van der Waals surface area contributed by atoms with E-state index in [9.17, 15) is 10.1 Å². The molecule has 0 saturated heterocycles. The highest BCUT2D eigenvalue weighted by Gasteiger charge is 2.02. The van der Waals surface area contributed by atoms with Gasteiger partial charge in [-0.1, -0.05) is 17.7 Å². The van der Waals surface area contributed by atoms with Crippen LogP contribution in [0.4, 0.5) is 5.69 Å². The third-order valence-corrected chi connectivity index (χ3v) is 1.25. The van der Waals surface area contributed by atoms with Crippen molar-refractivity contribution in [1.82, 2.24) is 0 Å². The molecule has 76 valence electrons. The molecule has 0 unspecified atom stereocenters. The number of hydrogen-bond donors (Lipinski definition) is 2. The van der Waals surface area contributed by atoms with Crippen LogP contribution in [-0.2, 0) is 4.57 Å². The van der Waals surface area contributed by atoms with Crippen LogP contribution in [0.3, 0.4) is 0 Å². The topological polar surface area (TPSA) is 101 Å². The molecule has 14 heavy (non-hydrogen) atoms. The van der Waals surface area contributed by atoms with Gasteiger partial charge in [-0.25, -0.2) is 0 Å². The van der Waals surface area contributed by atoms with Gasteiger partial charge in [0.15, 0.2) is 0 Å². The number of non-ortho nitro benzene ring substituents is 1. The Labute approximate surface area is 84.9 Å². The van der Waals surface area contributed by atoms with Gasteiger partial charge in [0.25, 0.3) is 5.69 Å². The van der Waals surface area contributed by atoms with Crippen LogP contribution in [0, 0.1) is 10.1 Å². The van der Waals surface area contributed by atoms with Gasteiger partial charge < -0.3 is 0 Å². The third-order valence-electron chi connectivity index (χ3n) is 1.02. The molecule has 0 fully saturated rings.